The predicted octanol–water partition coefficient (Wildman–Crippen LogP) is 13.7. The highest BCUT2D eigenvalue weighted by atomic mass is 16.5. The molecule has 0 N–H and O–H groups in total. The van der Waals surface area contributed by atoms with Gasteiger partial charge in [-0.25, -0.2) is 0 Å². The van der Waals surface area contributed by atoms with Crippen molar-refractivity contribution in [2.45, 2.75) is 19.3 Å². The number of fused-ring (bicyclic) bond motifs is 10. The van der Waals surface area contributed by atoms with Crippen LogP contribution in [-0.4, -0.2) is 0 Å². The molecule has 0 fully saturated rings. The van der Waals surface area contributed by atoms with Gasteiger partial charge in [0, 0.05) is 45.1 Å². The molecule has 0 radical (unpaired) electrons. The maximum atomic E-state index is 7.06. The average molecular weight is 654 g/mol. The van der Waals surface area contributed by atoms with Gasteiger partial charge in [0.05, 0.1) is 0 Å². The molecule has 0 aromatic heterocycles. The Balaban J connectivity index is 1.17. The largest absolute Gasteiger partial charge is 0.455 e. The molecule has 1 heterocycles. The van der Waals surface area contributed by atoms with Crippen LogP contribution in [0, 0.1) is 0 Å². The molecule has 8 aromatic rings. The third-order valence-corrected chi connectivity index (χ3v) is 10.9. The number of nitrogens with zero attached hydrogens (tertiary/aromatic N) is 1. The number of rotatable bonds is 4. The molecule has 0 atom stereocenters. The molecule has 0 amide bonds. The highest BCUT2D eigenvalue weighted by molar-refractivity contribution is 6.01. The summed E-state index contributed by atoms with van der Waals surface area (Å²) in [5, 5.41) is 2.27. The van der Waals surface area contributed by atoms with Crippen LogP contribution in [-0.2, 0) is 5.41 Å². The SMILES string of the molecule is CC1(C)c2ccccc2-c2ccc(N(c3ccc(-c4ccccc4)cc3)c3ccc4c(c3)Oc3c(ccc5ccccc35)-c3ccccc3-4)cc21. The molecule has 2 aliphatic rings. The second-order valence-electron chi connectivity index (χ2n) is 14.1. The lowest BCUT2D eigenvalue weighted by Gasteiger charge is -2.29. The maximum absolute atomic E-state index is 7.06. The van der Waals surface area contributed by atoms with Crippen molar-refractivity contribution < 1.29 is 4.74 Å². The van der Waals surface area contributed by atoms with E-state index in [-0.39, 0.29) is 5.41 Å². The van der Waals surface area contributed by atoms with Crippen molar-refractivity contribution in [2.75, 3.05) is 4.90 Å². The van der Waals surface area contributed by atoms with Gasteiger partial charge in [0.1, 0.15) is 11.5 Å². The number of ether oxygens (including phenoxy) is 1. The molecule has 10 rings (SSSR count). The van der Waals surface area contributed by atoms with E-state index in [0.29, 0.717) is 0 Å². The number of anilines is 3. The van der Waals surface area contributed by atoms with Crippen LogP contribution in [0.25, 0.3) is 55.3 Å². The monoisotopic (exact) mass is 653 g/mol. The molecule has 0 spiro atoms. The van der Waals surface area contributed by atoms with E-state index in [1.807, 2.05) is 0 Å². The van der Waals surface area contributed by atoms with Crippen LogP contribution in [0.2, 0.25) is 0 Å². The van der Waals surface area contributed by atoms with E-state index >= 15 is 0 Å². The van der Waals surface area contributed by atoms with Crippen LogP contribution in [0.3, 0.4) is 0 Å². The summed E-state index contributed by atoms with van der Waals surface area (Å²) < 4.78 is 7.06. The number of hydrogen-bond acceptors (Lipinski definition) is 2. The van der Waals surface area contributed by atoms with Gasteiger partial charge in [0.15, 0.2) is 0 Å². The summed E-state index contributed by atoms with van der Waals surface area (Å²) >= 11 is 0. The van der Waals surface area contributed by atoms with Gasteiger partial charge in [-0.1, -0.05) is 141 Å². The van der Waals surface area contributed by atoms with Gasteiger partial charge >= 0.3 is 0 Å². The Labute approximate surface area is 298 Å². The minimum atomic E-state index is -0.115. The van der Waals surface area contributed by atoms with Crippen LogP contribution in [0.5, 0.6) is 11.5 Å². The third kappa shape index (κ3) is 4.64. The maximum Gasteiger partial charge on any atom is 0.143 e. The number of hydrogen-bond donors (Lipinski definition) is 0. The highest BCUT2D eigenvalue weighted by Gasteiger charge is 2.36. The van der Waals surface area contributed by atoms with Crippen LogP contribution < -0.4 is 9.64 Å². The second kappa shape index (κ2) is 11.3. The molecule has 0 bridgehead atoms. The van der Waals surface area contributed by atoms with E-state index in [4.69, 9.17) is 4.74 Å². The summed E-state index contributed by atoms with van der Waals surface area (Å²) in [6, 6.07) is 63.6. The van der Waals surface area contributed by atoms with Gasteiger partial charge in [-0.2, -0.15) is 0 Å². The van der Waals surface area contributed by atoms with Gasteiger partial charge in [0.2, 0.25) is 0 Å². The topological polar surface area (TPSA) is 12.5 Å². The van der Waals surface area contributed by atoms with Crippen LogP contribution >= 0.6 is 0 Å². The Morgan fingerprint density at radius 1 is 0.412 bits per heavy atom. The van der Waals surface area contributed by atoms with Gasteiger partial charge in [-0.05, 0) is 92.4 Å². The highest BCUT2D eigenvalue weighted by Crippen LogP contribution is 2.53. The summed E-state index contributed by atoms with van der Waals surface area (Å²) in [6.45, 7) is 4.69. The standard InChI is InChI=1S/C49H35NO/c1-49(2)45-19-11-10-18-41(45)42-28-25-36(30-46(42)49)50(35-23-20-33(21-24-35)32-12-4-3-5-13-32)37-26-29-43-39-16-8-9-17-40(39)44-27-22-34-14-6-7-15-38(34)48(44)51-47(43)31-37/h3-31H,1-2H3. The van der Waals surface area contributed by atoms with E-state index in [9.17, 15) is 0 Å². The molecular formula is C49H35NO. The first-order valence-electron chi connectivity index (χ1n) is 17.7. The third-order valence-electron chi connectivity index (χ3n) is 10.9. The molecule has 0 saturated carbocycles. The Hall–Kier alpha value is -6.38. The summed E-state index contributed by atoms with van der Waals surface area (Å²) in [7, 11) is 0. The van der Waals surface area contributed by atoms with Crippen molar-refractivity contribution in [1.29, 1.82) is 0 Å². The van der Waals surface area contributed by atoms with Crippen molar-refractivity contribution in [1.82, 2.24) is 0 Å². The van der Waals surface area contributed by atoms with Crippen molar-refractivity contribution in [2.24, 2.45) is 0 Å². The first-order valence-corrected chi connectivity index (χ1v) is 17.7. The Morgan fingerprint density at radius 2 is 0.980 bits per heavy atom. The zero-order valence-electron chi connectivity index (χ0n) is 28.6. The Morgan fingerprint density at radius 3 is 1.78 bits per heavy atom. The molecular weight excluding hydrogens is 619 g/mol. The summed E-state index contributed by atoms with van der Waals surface area (Å²) in [5.41, 5.74) is 15.4. The Bertz CT molecular complexity index is 2630. The zero-order valence-corrected chi connectivity index (χ0v) is 28.6. The molecule has 51 heavy (non-hydrogen) atoms. The van der Waals surface area contributed by atoms with Crippen LogP contribution in [0.15, 0.2) is 176 Å². The lowest BCUT2D eigenvalue weighted by molar-refractivity contribution is 0.493. The molecule has 0 saturated heterocycles. The fourth-order valence-corrected chi connectivity index (χ4v) is 8.30. The van der Waals surface area contributed by atoms with E-state index in [2.05, 4.69) is 195 Å². The van der Waals surface area contributed by atoms with E-state index in [1.165, 1.54) is 44.5 Å². The molecule has 0 unspecified atom stereocenters. The van der Waals surface area contributed by atoms with Crippen molar-refractivity contribution in [3.63, 3.8) is 0 Å². The fraction of sp³-hybridized carbons (Fsp3) is 0.0612. The van der Waals surface area contributed by atoms with E-state index in [1.54, 1.807) is 0 Å². The molecule has 1 aliphatic carbocycles. The minimum absolute atomic E-state index is 0.115. The quantitative estimate of drug-likeness (QED) is 0.187. The smallest absolute Gasteiger partial charge is 0.143 e. The molecule has 2 heteroatoms. The van der Waals surface area contributed by atoms with Gasteiger partial charge < -0.3 is 9.64 Å². The van der Waals surface area contributed by atoms with E-state index < -0.39 is 0 Å². The normalized spacial score (nSPS) is 13.2. The second-order valence-corrected chi connectivity index (χ2v) is 14.1. The van der Waals surface area contributed by atoms with Crippen molar-refractivity contribution >= 4 is 27.8 Å². The molecule has 2 nitrogen and oxygen atoms in total. The van der Waals surface area contributed by atoms with E-state index in [0.717, 1.165) is 50.5 Å². The van der Waals surface area contributed by atoms with Crippen LogP contribution in [0.4, 0.5) is 17.1 Å². The van der Waals surface area contributed by atoms with Gasteiger partial charge in [-0.15, -0.1) is 0 Å². The van der Waals surface area contributed by atoms with Gasteiger partial charge in [-0.3, -0.25) is 0 Å². The molecule has 8 aromatic carbocycles. The predicted molar refractivity (Wildman–Crippen MR) is 213 cm³/mol. The van der Waals surface area contributed by atoms with Crippen molar-refractivity contribution in [3.8, 4) is 56.0 Å². The minimum Gasteiger partial charge on any atom is -0.455 e. The summed E-state index contributed by atoms with van der Waals surface area (Å²) in [6.07, 6.45) is 0. The lowest BCUT2D eigenvalue weighted by atomic mass is 9.82. The number of benzene rings is 8. The lowest BCUT2D eigenvalue weighted by Crippen LogP contribution is -2.16. The molecule has 242 valence electrons. The first-order chi connectivity index (χ1) is 25.0. The Kier molecular flexibility index (Phi) is 6.56. The van der Waals surface area contributed by atoms with Crippen LogP contribution in [0.1, 0.15) is 25.0 Å². The first kappa shape index (κ1) is 29.5. The van der Waals surface area contributed by atoms with Crippen molar-refractivity contribution in [3.05, 3.63) is 187 Å². The summed E-state index contributed by atoms with van der Waals surface area (Å²) in [4.78, 5) is 2.37. The fourth-order valence-electron chi connectivity index (χ4n) is 8.30. The summed E-state index contributed by atoms with van der Waals surface area (Å²) in [5.74, 6) is 1.74. The zero-order chi connectivity index (χ0) is 34.1. The van der Waals surface area contributed by atoms with Gasteiger partial charge in [0.25, 0.3) is 0 Å². The molecule has 1 aliphatic heterocycles. The average Bonchev–Trinajstić information content (AvgIpc) is 3.31.